The molecule has 22 heavy (non-hydrogen) atoms. The first-order chi connectivity index (χ1) is 10.6. The van der Waals surface area contributed by atoms with E-state index in [4.69, 9.17) is 4.42 Å². The second-order valence-electron chi connectivity index (χ2n) is 4.75. The highest BCUT2D eigenvalue weighted by atomic mass is 79.9. The van der Waals surface area contributed by atoms with Crippen molar-refractivity contribution in [2.75, 3.05) is 7.05 Å². The molecule has 2 heterocycles. The van der Waals surface area contributed by atoms with Crippen LogP contribution in [0, 0.1) is 0 Å². The number of amides is 1. The molecule has 0 unspecified atom stereocenters. The fourth-order valence-electron chi connectivity index (χ4n) is 1.98. The van der Waals surface area contributed by atoms with Gasteiger partial charge in [0.05, 0.1) is 10.3 Å². The third-order valence-corrected chi connectivity index (χ3v) is 4.69. The van der Waals surface area contributed by atoms with E-state index in [9.17, 15) is 4.79 Å². The maximum Gasteiger partial charge on any atom is 0.246 e. The van der Waals surface area contributed by atoms with Crippen molar-refractivity contribution in [1.82, 2.24) is 9.88 Å². The SMILES string of the molecule is CN(Cc1ccc(Br)s1)C(=O)/C=C/c1nc2ccccc2o1. The number of halogens is 1. The lowest BCUT2D eigenvalue weighted by Gasteiger charge is -2.13. The molecule has 112 valence electrons. The second-order valence-corrected chi connectivity index (χ2v) is 7.30. The maximum absolute atomic E-state index is 12.1. The van der Waals surface area contributed by atoms with E-state index >= 15 is 0 Å². The zero-order chi connectivity index (χ0) is 15.5. The van der Waals surface area contributed by atoms with Crippen molar-refractivity contribution in [2.45, 2.75) is 6.54 Å². The predicted octanol–water partition coefficient (Wildman–Crippen LogP) is 4.32. The van der Waals surface area contributed by atoms with E-state index in [1.54, 1.807) is 29.4 Å². The first-order valence-corrected chi connectivity index (χ1v) is 8.26. The number of fused-ring (bicyclic) bond motifs is 1. The smallest absolute Gasteiger partial charge is 0.246 e. The van der Waals surface area contributed by atoms with Crippen LogP contribution in [-0.2, 0) is 11.3 Å². The molecule has 2 aromatic heterocycles. The summed E-state index contributed by atoms with van der Waals surface area (Å²) >= 11 is 5.04. The van der Waals surface area contributed by atoms with E-state index in [0.717, 1.165) is 14.2 Å². The molecule has 0 radical (unpaired) electrons. The molecule has 0 bridgehead atoms. The number of thiophene rings is 1. The Kier molecular flexibility index (Phi) is 4.40. The van der Waals surface area contributed by atoms with Gasteiger partial charge in [-0.2, -0.15) is 0 Å². The minimum absolute atomic E-state index is 0.0909. The number of hydrogen-bond donors (Lipinski definition) is 0. The number of para-hydroxylation sites is 2. The summed E-state index contributed by atoms with van der Waals surface area (Å²) in [6, 6.07) is 11.5. The van der Waals surface area contributed by atoms with Crippen LogP contribution < -0.4 is 0 Å². The quantitative estimate of drug-likeness (QED) is 0.636. The number of likely N-dealkylation sites (N-methyl/N-ethyl adjacent to an activating group) is 1. The van der Waals surface area contributed by atoms with E-state index in [0.29, 0.717) is 18.0 Å². The molecular weight excluding hydrogens is 364 g/mol. The average molecular weight is 377 g/mol. The van der Waals surface area contributed by atoms with Crippen LogP contribution in [0.15, 0.2) is 50.7 Å². The van der Waals surface area contributed by atoms with Gasteiger partial charge in [0.2, 0.25) is 11.8 Å². The number of carbonyl (C=O) groups excluding carboxylic acids is 1. The molecule has 0 spiro atoms. The topological polar surface area (TPSA) is 46.3 Å². The van der Waals surface area contributed by atoms with Crippen LogP contribution in [0.5, 0.6) is 0 Å². The summed E-state index contributed by atoms with van der Waals surface area (Å²) in [7, 11) is 1.77. The normalized spacial score (nSPS) is 11.4. The van der Waals surface area contributed by atoms with Crippen LogP contribution in [0.3, 0.4) is 0 Å². The molecular formula is C16H13BrN2O2S. The largest absolute Gasteiger partial charge is 0.437 e. The van der Waals surface area contributed by atoms with Gasteiger partial charge in [0.1, 0.15) is 5.52 Å². The van der Waals surface area contributed by atoms with Crippen molar-refractivity contribution in [3.63, 3.8) is 0 Å². The van der Waals surface area contributed by atoms with Crippen molar-refractivity contribution in [2.24, 2.45) is 0 Å². The fraction of sp³-hybridized carbons (Fsp3) is 0.125. The summed E-state index contributed by atoms with van der Waals surface area (Å²) in [5.74, 6) is 0.341. The Hall–Kier alpha value is -1.92. The Bertz CT molecular complexity index is 804. The van der Waals surface area contributed by atoms with Crippen molar-refractivity contribution >= 4 is 50.3 Å². The van der Waals surface area contributed by atoms with Gasteiger partial charge in [-0.05, 0) is 40.2 Å². The summed E-state index contributed by atoms with van der Waals surface area (Å²) < 4.78 is 6.61. The van der Waals surface area contributed by atoms with Crippen LogP contribution in [0.4, 0.5) is 0 Å². The van der Waals surface area contributed by atoms with Gasteiger partial charge in [-0.25, -0.2) is 4.98 Å². The number of nitrogens with zero attached hydrogens (tertiary/aromatic N) is 2. The van der Waals surface area contributed by atoms with Gasteiger partial charge in [-0.1, -0.05) is 12.1 Å². The van der Waals surface area contributed by atoms with E-state index < -0.39 is 0 Å². The Morgan fingerprint density at radius 1 is 1.36 bits per heavy atom. The lowest BCUT2D eigenvalue weighted by atomic mass is 10.3. The molecule has 0 fully saturated rings. The van der Waals surface area contributed by atoms with Crippen molar-refractivity contribution in [1.29, 1.82) is 0 Å². The highest BCUT2D eigenvalue weighted by Gasteiger charge is 2.08. The number of hydrogen-bond acceptors (Lipinski definition) is 4. The Morgan fingerprint density at radius 3 is 2.91 bits per heavy atom. The van der Waals surface area contributed by atoms with E-state index in [2.05, 4.69) is 20.9 Å². The van der Waals surface area contributed by atoms with Gasteiger partial charge in [-0.3, -0.25) is 4.79 Å². The van der Waals surface area contributed by atoms with Gasteiger partial charge < -0.3 is 9.32 Å². The highest BCUT2D eigenvalue weighted by molar-refractivity contribution is 9.11. The third-order valence-electron chi connectivity index (χ3n) is 3.08. The summed E-state index contributed by atoms with van der Waals surface area (Å²) in [5.41, 5.74) is 1.50. The van der Waals surface area contributed by atoms with Gasteiger partial charge in [0.25, 0.3) is 0 Å². The monoisotopic (exact) mass is 376 g/mol. The Morgan fingerprint density at radius 2 is 2.18 bits per heavy atom. The zero-order valence-corrected chi connectivity index (χ0v) is 14.2. The van der Waals surface area contributed by atoms with Crippen molar-refractivity contribution in [3.8, 4) is 0 Å². The maximum atomic E-state index is 12.1. The molecule has 1 aromatic carbocycles. The van der Waals surface area contributed by atoms with Gasteiger partial charge >= 0.3 is 0 Å². The van der Waals surface area contributed by atoms with Gasteiger partial charge in [0.15, 0.2) is 5.58 Å². The van der Waals surface area contributed by atoms with Gasteiger partial charge in [0, 0.05) is 24.1 Å². The highest BCUT2D eigenvalue weighted by Crippen LogP contribution is 2.23. The molecule has 3 rings (SSSR count). The van der Waals surface area contributed by atoms with Crippen molar-refractivity contribution < 1.29 is 9.21 Å². The lowest BCUT2D eigenvalue weighted by molar-refractivity contribution is -0.125. The van der Waals surface area contributed by atoms with Crippen LogP contribution in [0.2, 0.25) is 0 Å². The van der Waals surface area contributed by atoms with Gasteiger partial charge in [-0.15, -0.1) is 11.3 Å². The predicted molar refractivity (Wildman–Crippen MR) is 91.5 cm³/mol. The number of rotatable bonds is 4. The molecule has 4 nitrogen and oxygen atoms in total. The number of carbonyl (C=O) groups is 1. The summed E-state index contributed by atoms with van der Waals surface area (Å²) in [6.45, 7) is 0.576. The molecule has 0 N–H and O–H groups in total. The summed E-state index contributed by atoms with van der Waals surface area (Å²) in [4.78, 5) is 19.2. The number of aromatic nitrogens is 1. The minimum atomic E-state index is -0.0909. The Balaban J connectivity index is 1.67. The van der Waals surface area contributed by atoms with Crippen LogP contribution in [-0.4, -0.2) is 22.8 Å². The first kappa shape index (κ1) is 15.0. The molecule has 1 amide bonds. The molecule has 0 aliphatic rings. The van der Waals surface area contributed by atoms with E-state index in [-0.39, 0.29) is 5.91 Å². The third kappa shape index (κ3) is 3.45. The van der Waals surface area contributed by atoms with Crippen LogP contribution in [0.1, 0.15) is 10.8 Å². The molecule has 6 heteroatoms. The second kappa shape index (κ2) is 6.46. The molecule has 0 saturated heterocycles. The Labute approximate surface area is 140 Å². The standard InChI is InChI=1S/C16H13BrN2O2S/c1-19(10-11-6-7-14(17)22-11)16(20)9-8-15-18-12-4-2-3-5-13(12)21-15/h2-9H,10H2,1H3/b9-8+. The number of oxazole rings is 1. The zero-order valence-electron chi connectivity index (χ0n) is 11.8. The van der Waals surface area contributed by atoms with E-state index in [1.165, 1.54) is 6.08 Å². The van der Waals surface area contributed by atoms with E-state index in [1.807, 2.05) is 36.4 Å². The molecule has 0 saturated carbocycles. The van der Waals surface area contributed by atoms with Crippen molar-refractivity contribution in [3.05, 3.63) is 57.0 Å². The summed E-state index contributed by atoms with van der Waals surface area (Å²) in [5, 5.41) is 0. The molecule has 0 atom stereocenters. The molecule has 3 aromatic rings. The molecule has 0 aliphatic carbocycles. The molecule has 0 aliphatic heterocycles. The van der Waals surface area contributed by atoms with Crippen LogP contribution >= 0.6 is 27.3 Å². The first-order valence-electron chi connectivity index (χ1n) is 6.65. The van der Waals surface area contributed by atoms with Crippen LogP contribution in [0.25, 0.3) is 17.2 Å². The average Bonchev–Trinajstić information content (AvgIpc) is 3.10. The number of benzene rings is 1. The lowest BCUT2D eigenvalue weighted by Crippen LogP contribution is -2.23. The summed E-state index contributed by atoms with van der Waals surface area (Å²) in [6.07, 6.45) is 3.08. The minimum Gasteiger partial charge on any atom is -0.437 e. The fourth-order valence-corrected chi connectivity index (χ4v) is 3.52.